The van der Waals surface area contributed by atoms with Crippen LogP contribution in [0, 0.1) is 6.92 Å². The standard InChI is InChI=1S/C18H28N4/c1-5-16-12-20(10-11-21(16)14(2)3)13-17-18-8-6-7-9-22(18)15(4)19-17/h6-9,14,16H,5,10-13H2,1-4H3. The Labute approximate surface area is 133 Å². The summed E-state index contributed by atoms with van der Waals surface area (Å²) in [4.78, 5) is 10.0. The van der Waals surface area contributed by atoms with Crippen LogP contribution in [0.15, 0.2) is 24.4 Å². The molecular formula is C18H28N4. The van der Waals surface area contributed by atoms with E-state index in [-0.39, 0.29) is 0 Å². The number of hydrogen-bond acceptors (Lipinski definition) is 3. The van der Waals surface area contributed by atoms with Gasteiger partial charge in [0.25, 0.3) is 0 Å². The Hall–Kier alpha value is -1.39. The summed E-state index contributed by atoms with van der Waals surface area (Å²) < 4.78 is 2.19. The number of piperazine rings is 1. The van der Waals surface area contributed by atoms with Crippen LogP contribution < -0.4 is 0 Å². The number of rotatable bonds is 4. The molecule has 0 aliphatic carbocycles. The van der Waals surface area contributed by atoms with Crippen molar-refractivity contribution < 1.29 is 0 Å². The zero-order chi connectivity index (χ0) is 15.7. The van der Waals surface area contributed by atoms with E-state index in [1.54, 1.807) is 0 Å². The van der Waals surface area contributed by atoms with Crippen LogP contribution in [-0.4, -0.2) is 50.9 Å². The minimum absolute atomic E-state index is 0.641. The average molecular weight is 300 g/mol. The van der Waals surface area contributed by atoms with Gasteiger partial charge >= 0.3 is 0 Å². The molecule has 1 saturated heterocycles. The van der Waals surface area contributed by atoms with Crippen LogP contribution in [0.4, 0.5) is 0 Å². The Morgan fingerprint density at radius 3 is 2.82 bits per heavy atom. The van der Waals surface area contributed by atoms with Crippen molar-refractivity contribution in [2.45, 2.75) is 52.7 Å². The smallest absolute Gasteiger partial charge is 0.110 e. The molecule has 0 bridgehead atoms. The van der Waals surface area contributed by atoms with E-state index in [0.29, 0.717) is 12.1 Å². The molecule has 2 aromatic heterocycles. The molecule has 0 radical (unpaired) electrons. The summed E-state index contributed by atoms with van der Waals surface area (Å²) in [6.45, 7) is 13.4. The lowest BCUT2D eigenvalue weighted by Gasteiger charge is -2.43. The molecule has 1 unspecified atom stereocenters. The van der Waals surface area contributed by atoms with Gasteiger partial charge in [0.1, 0.15) is 5.82 Å². The number of imidazole rings is 1. The lowest BCUT2D eigenvalue weighted by atomic mass is 10.1. The summed E-state index contributed by atoms with van der Waals surface area (Å²) in [6.07, 6.45) is 3.32. The second kappa shape index (κ2) is 6.39. The Kier molecular flexibility index (Phi) is 4.50. The fourth-order valence-corrected chi connectivity index (χ4v) is 3.72. The predicted octanol–water partition coefficient (Wildman–Crippen LogP) is 2.95. The van der Waals surface area contributed by atoms with E-state index in [4.69, 9.17) is 4.98 Å². The molecule has 4 nitrogen and oxygen atoms in total. The first-order valence-electron chi connectivity index (χ1n) is 8.50. The zero-order valence-electron chi connectivity index (χ0n) is 14.3. The summed E-state index contributed by atoms with van der Waals surface area (Å²) in [7, 11) is 0. The fourth-order valence-electron chi connectivity index (χ4n) is 3.72. The molecule has 0 amide bonds. The number of aromatic nitrogens is 2. The first kappa shape index (κ1) is 15.5. The maximum Gasteiger partial charge on any atom is 0.110 e. The van der Waals surface area contributed by atoms with Crippen LogP contribution >= 0.6 is 0 Å². The minimum atomic E-state index is 0.641. The maximum atomic E-state index is 4.80. The molecule has 0 aromatic carbocycles. The zero-order valence-corrected chi connectivity index (χ0v) is 14.3. The van der Waals surface area contributed by atoms with Gasteiger partial charge in [-0.15, -0.1) is 0 Å². The normalized spacial score (nSPS) is 21.0. The first-order valence-corrected chi connectivity index (χ1v) is 8.50. The number of nitrogens with zero attached hydrogens (tertiary/aromatic N) is 4. The topological polar surface area (TPSA) is 23.8 Å². The molecule has 1 aliphatic heterocycles. The van der Waals surface area contributed by atoms with Gasteiger partial charge in [-0.3, -0.25) is 9.80 Å². The molecule has 1 aliphatic rings. The largest absolute Gasteiger partial charge is 0.304 e. The summed E-state index contributed by atoms with van der Waals surface area (Å²) in [6, 6.07) is 7.66. The summed E-state index contributed by atoms with van der Waals surface area (Å²) in [5.41, 5.74) is 2.46. The maximum absolute atomic E-state index is 4.80. The first-order chi connectivity index (χ1) is 10.6. The van der Waals surface area contributed by atoms with Crippen LogP contribution in [0.3, 0.4) is 0 Å². The SMILES string of the molecule is CCC1CN(Cc2nc(C)n3ccccc23)CCN1C(C)C. The van der Waals surface area contributed by atoms with Crippen molar-refractivity contribution in [2.75, 3.05) is 19.6 Å². The van der Waals surface area contributed by atoms with Crippen LogP contribution in [0.2, 0.25) is 0 Å². The minimum Gasteiger partial charge on any atom is -0.304 e. The van der Waals surface area contributed by atoms with Crippen LogP contribution in [-0.2, 0) is 6.54 Å². The monoisotopic (exact) mass is 300 g/mol. The van der Waals surface area contributed by atoms with Gasteiger partial charge in [-0.1, -0.05) is 13.0 Å². The summed E-state index contributed by atoms with van der Waals surface area (Å²) in [5.74, 6) is 1.08. The van der Waals surface area contributed by atoms with Gasteiger partial charge in [0, 0.05) is 44.5 Å². The Morgan fingerprint density at radius 2 is 2.09 bits per heavy atom. The second-order valence-corrected chi connectivity index (χ2v) is 6.69. The molecule has 0 saturated carbocycles. The molecular weight excluding hydrogens is 272 g/mol. The highest BCUT2D eigenvalue weighted by Crippen LogP contribution is 2.20. The molecule has 22 heavy (non-hydrogen) atoms. The molecule has 4 heteroatoms. The van der Waals surface area contributed by atoms with Crippen LogP contribution in [0.1, 0.15) is 38.7 Å². The number of pyridine rings is 1. The Bertz CT molecular complexity index is 631. The van der Waals surface area contributed by atoms with Gasteiger partial charge in [-0.2, -0.15) is 0 Å². The van der Waals surface area contributed by atoms with E-state index in [0.717, 1.165) is 25.5 Å². The average Bonchev–Trinajstić information content (AvgIpc) is 2.83. The van der Waals surface area contributed by atoms with E-state index in [1.807, 2.05) is 0 Å². The van der Waals surface area contributed by atoms with Gasteiger partial charge in [0.05, 0.1) is 11.2 Å². The highest BCUT2D eigenvalue weighted by molar-refractivity contribution is 5.53. The van der Waals surface area contributed by atoms with E-state index in [9.17, 15) is 0 Å². The molecule has 0 N–H and O–H groups in total. The quantitative estimate of drug-likeness (QED) is 0.867. The third kappa shape index (κ3) is 2.90. The van der Waals surface area contributed by atoms with Gasteiger partial charge in [0.2, 0.25) is 0 Å². The number of hydrogen-bond donors (Lipinski definition) is 0. The van der Waals surface area contributed by atoms with Crippen LogP contribution in [0.5, 0.6) is 0 Å². The van der Waals surface area contributed by atoms with E-state index in [1.165, 1.54) is 24.2 Å². The lowest BCUT2D eigenvalue weighted by Crippen LogP contribution is -2.54. The molecule has 1 fully saturated rings. The summed E-state index contributed by atoms with van der Waals surface area (Å²) in [5, 5.41) is 0. The molecule has 1 atom stereocenters. The van der Waals surface area contributed by atoms with Crippen LogP contribution in [0.25, 0.3) is 5.52 Å². The third-order valence-electron chi connectivity index (χ3n) is 4.92. The van der Waals surface area contributed by atoms with Gasteiger partial charge in [0.15, 0.2) is 0 Å². The molecule has 3 rings (SSSR count). The molecule has 3 heterocycles. The van der Waals surface area contributed by atoms with Crippen molar-refractivity contribution in [3.63, 3.8) is 0 Å². The number of fused-ring (bicyclic) bond motifs is 1. The van der Waals surface area contributed by atoms with Crippen molar-refractivity contribution in [3.05, 3.63) is 35.9 Å². The Balaban J connectivity index is 1.76. The highest BCUT2D eigenvalue weighted by Gasteiger charge is 2.27. The lowest BCUT2D eigenvalue weighted by molar-refractivity contribution is 0.0453. The van der Waals surface area contributed by atoms with Crippen molar-refractivity contribution >= 4 is 5.52 Å². The van der Waals surface area contributed by atoms with E-state index in [2.05, 4.69) is 66.3 Å². The summed E-state index contributed by atoms with van der Waals surface area (Å²) >= 11 is 0. The third-order valence-corrected chi connectivity index (χ3v) is 4.92. The molecule has 0 spiro atoms. The Morgan fingerprint density at radius 1 is 1.27 bits per heavy atom. The van der Waals surface area contributed by atoms with Crippen molar-refractivity contribution in [1.29, 1.82) is 0 Å². The van der Waals surface area contributed by atoms with Crippen molar-refractivity contribution in [3.8, 4) is 0 Å². The highest BCUT2D eigenvalue weighted by atomic mass is 15.3. The second-order valence-electron chi connectivity index (χ2n) is 6.69. The van der Waals surface area contributed by atoms with Crippen molar-refractivity contribution in [2.24, 2.45) is 0 Å². The number of aryl methyl sites for hydroxylation is 1. The van der Waals surface area contributed by atoms with E-state index >= 15 is 0 Å². The molecule has 2 aromatic rings. The van der Waals surface area contributed by atoms with Gasteiger partial charge < -0.3 is 4.40 Å². The fraction of sp³-hybridized carbons (Fsp3) is 0.611. The van der Waals surface area contributed by atoms with Gasteiger partial charge in [-0.05, 0) is 39.3 Å². The predicted molar refractivity (Wildman–Crippen MR) is 91.1 cm³/mol. The van der Waals surface area contributed by atoms with Crippen molar-refractivity contribution in [1.82, 2.24) is 19.2 Å². The van der Waals surface area contributed by atoms with Gasteiger partial charge in [-0.25, -0.2) is 4.98 Å². The van der Waals surface area contributed by atoms with E-state index < -0.39 is 0 Å². The molecule has 120 valence electrons.